The van der Waals surface area contributed by atoms with Gasteiger partial charge in [0.1, 0.15) is 6.04 Å². The van der Waals surface area contributed by atoms with Crippen molar-refractivity contribution < 1.29 is 14.3 Å². The molecule has 1 aliphatic heterocycles. The van der Waals surface area contributed by atoms with Crippen molar-refractivity contribution in [2.24, 2.45) is 0 Å². The Bertz CT molecular complexity index is 513. The van der Waals surface area contributed by atoms with E-state index in [1.807, 2.05) is 37.3 Å². The van der Waals surface area contributed by atoms with Gasteiger partial charge in [0, 0.05) is 20.1 Å². The Labute approximate surface area is 143 Å². The van der Waals surface area contributed by atoms with Crippen LogP contribution in [0, 0.1) is 0 Å². The zero-order chi connectivity index (χ0) is 15.9. The monoisotopic (exact) mass is 341 g/mol. The number of nitrogens with zero attached hydrogens (tertiary/aromatic N) is 1. The molecule has 1 fully saturated rings. The summed E-state index contributed by atoms with van der Waals surface area (Å²) < 4.78 is 5.46. The van der Waals surface area contributed by atoms with Crippen LogP contribution in [0.15, 0.2) is 30.3 Å². The number of carbonyl (C=O) groups excluding carboxylic acids is 2. The Hall–Kier alpha value is -1.63. The first kappa shape index (κ1) is 19.4. The molecule has 1 aromatic rings. The molecule has 23 heavy (non-hydrogen) atoms. The van der Waals surface area contributed by atoms with Crippen molar-refractivity contribution in [1.82, 2.24) is 15.5 Å². The van der Waals surface area contributed by atoms with Gasteiger partial charge in [-0.15, -0.1) is 12.4 Å². The maximum absolute atomic E-state index is 12.3. The molecule has 1 heterocycles. The van der Waals surface area contributed by atoms with Crippen LogP contribution in [0.3, 0.4) is 0 Å². The van der Waals surface area contributed by atoms with Gasteiger partial charge in [-0.1, -0.05) is 30.3 Å². The number of hydrogen-bond acceptors (Lipinski definition) is 4. The van der Waals surface area contributed by atoms with Crippen molar-refractivity contribution in [3.05, 3.63) is 35.9 Å². The molecule has 0 aromatic heterocycles. The van der Waals surface area contributed by atoms with Crippen molar-refractivity contribution in [1.29, 1.82) is 0 Å². The average Bonchev–Trinajstić information content (AvgIpc) is 2.53. The molecule has 128 valence electrons. The minimum Gasteiger partial charge on any atom is -0.375 e. The van der Waals surface area contributed by atoms with Gasteiger partial charge in [0.05, 0.1) is 19.3 Å². The Morgan fingerprint density at radius 2 is 2.04 bits per heavy atom. The number of amides is 2. The summed E-state index contributed by atoms with van der Waals surface area (Å²) in [6, 6.07) is 9.28. The summed E-state index contributed by atoms with van der Waals surface area (Å²) >= 11 is 0. The van der Waals surface area contributed by atoms with E-state index in [1.165, 1.54) is 4.90 Å². The summed E-state index contributed by atoms with van der Waals surface area (Å²) in [5.74, 6) is -0.300. The van der Waals surface area contributed by atoms with E-state index < -0.39 is 0 Å². The van der Waals surface area contributed by atoms with Crippen molar-refractivity contribution >= 4 is 24.2 Å². The number of rotatable bonds is 5. The molecule has 2 atom stereocenters. The zero-order valence-corrected chi connectivity index (χ0v) is 14.3. The SMILES string of the molecule is C[C@H]1OCCN[C@@H]1C(=O)N(C)CC(=O)NCc1ccccc1.Cl. The number of morpholine rings is 1. The number of carbonyl (C=O) groups is 2. The molecule has 0 aliphatic carbocycles. The molecule has 0 bridgehead atoms. The second-order valence-corrected chi connectivity index (χ2v) is 5.46. The Morgan fingerprint density at radius 3 is 2.70 bits per heavy atom. The maximum Gasteiger partial charge on any atom is 0.242 e. The minimum absolute atomic E-state index is 0. The molecule has 1 aliphatic rings. The molecule has 7 heteroatoms. The highest BCUT2D eigenvalue weighted by molar-refractivity contribution is 5.87. The zero-order valence-electron chi connectivity index (χ0n) is 13.5. The summed E-state index contributed by atoms with van der Waals surface area (Å²) in [4.78, 5) is 25.7. The van der Waals surface area contributed by atoms with E-state index in [9.17, 15) is 9.59 Å². The standard InChI is InChI=1S/C16H23N3O3.ClH/c1-12-15(17-8-9-22-12)16(21)19(2)11-14(20)18-10-13-6-4-3-5-7-13;/h3-7,12,15,17H,8-11H2,1-2H3,(H,18,20);1H/t12-,15+;/m1./s1. The first-order valence-electron chi connectivity index (χ1n) is 7.48. The van der Waals surface area contributed by atoms with E-state index in [0.29, 0.717) is 19.7 Å². The van der Waals surface area contributed by atoms with Crippen molar-refractivity contribution in [2.45, 2.75) is 25.6 Å². The van der Waals surface area contributed by atoms with E-state index in [-0.39, 0.29) is 42.9 Å². The van der Waals surface area contributed by atoms with Gasteiger partial charge in [-0.25, -0.2) is 0 Å². The number of hydrogen-bond donors (Lipinski definition) is 2. The van der Waals surface area contributed by atoms with Crippen molar-refractivity contribution in [3.8, 4) is 0 Å². The van der Waals surface area contributed by atoms with Crippen LogP contribution in [0.25, 0.3) is 0 Å². The highest BCUT2D eigenvalue weighted by Crippen LogP contribution is 2.06. The fraction of sp³-hybridized carbons (Fsp3) is 0.500. The van der Waals surface area contributed by atoms with Gasteiger partial charge in [0.25, 0.3) is 0 Å². The van der Waals surface area contributed by atoms with E-state index >= 15 is 0 Å². The summed E-state index contributed by atoms with van der Waals surface area (Å²) in [5, 5.41) is 5.95. The van der Waals surface area contributed by atoms with Crippen molar-refractivity contribution in [3.63, 3.8) is 0 Å². The topological polar surface area (TPSA) is 70.7 Å². The van der Waals surface area contributed by atoms with Gasteiger partial charge < -0.3 is 20.3 Å². The fourth-order valence-corrected chi connectivity index (χ4v) is 2.39. The lowest BCUT2D eigenvalue weighted by Crippen LogP contribution is -2.56. The van der Waals surface area contributed by atoms with Crippen LogP contribution in [0.2, 0.25) is 0 Å². The summed E-state index contributed by atoms with van der Waals surface area (Å²) in [5.41, 5.74) is 1.03. The third-order valence-electron chi connectivity index (χ3n) is 3.67. The van der Waals surface area contributed by atoms with Crippen LogP contribution in [0.4, 0.5) is 0 Å². The van der Waals surface area contributed by atoms with Crippen LogP contribution in [0.1, 0.15) is 12.5 Å². The van der Waals surface area contributed by atoms with Gasteiger partial charge in [-0.3, -0.25) is 9.59 Å². The molecule has 0 radical (unpaired) electrons. The van der Waals surface area contributed by atoms with E-state index in [0.717, 1.165) is 5.56 Å². The molecule has 2 amide bonds. The molecule has 1 saturated heterocycles. The lowest BCUT2D eigenvalue weighted by molar-refractivity contribution is -0.141. The molecular formula is C16H24ClN3O3. The predicted molar refractivity (Wildman–Crippen MR) is 90.4 cm³/mol. The Balaban J connectivity index is 0.00000264. The number of ether oxygens (including phenoxy) is 1. The van der Waals surface area contributed by atoms with E-state index in [2.05, 4.69) is 10.6 Å². The molecule has 6 nitrogen and oxygen atoms in total. The van der Waals surface area contributed by atoms with Gasteiger partial charge in [0.2, 0.25) is 11.8 Å². The maximum atomic E-state index is 12.3. The van der Waals surface area contributed by atoms with Gasteiger partial charge in [0.15, 0.2) is 0 Å². The second kappa shape index (κ2) is 9.50. The van der Waals surface area contributed by atoms with Crippen LogP contribution >= 0.6 is 12.4 Å². The minimum atomic E-state index is -0.388. The molecule has 2 N–H and O–H groups in total. The number of nitrogens with one attached hydrogen (secondary N) is 2. The summed E-state index contributed by atoms with van der Waals surface area (Å²) in [6.45, 7) is 3.61. The van der Waals surface area contributed by atoms with E-state index in [4.69, 9.17) is 4.74 Å². The lowest BCUT2D eigenvalue weighted by Gasteiger charge is -2.32. The summed E-state index contributed by atoms with van der Waals surface area (Å²) in [6.07, 6.45) is -0.184. The summed E-state index contributed by atoms with van der Waals surface area (Å²) in [7, 11) is 1.63. The van der Waals surface area contributed by atoms with Crippen LogP contribution in [-0.4, -0.2) is 55.6 Å². The van der Waals surface area contributed by atoms with Crippen LogP contribution in [-0.2, 0) is 20.9 Å². The van der Waals surface area contributed by atoms with Crippen LogP contribution in [0.5, 0.6) is 0 Å². The molecule has 0 saturated carbocycles. The first-order valence-corrected chi connectivity index (χ1v) is 7.48. The molecule has 0 spiro atoms. The van der Waals surface area contributed by atoms with Gasteiger partial charge in [-0.05, 0) is 12.5 Å². The quantitative estimate of drug-likeness (QED) is 0.821. The lowest BCUT2D eigenvalue weighted by atomic mass is 10.1. The Kier molecular flexibility index (Phi) is 8.02. The van der Waals surface area contributed by atoms with E-state index in [1.54, 1.807) is 7.05 Å². The number of benzene rings is 1. The van der Waals surface area contributed by atoms with Gasteiger partial charge >= 0.3 is 0 Å². The average molecular weight is 342 g/mol. The second-order valence-electron chi connectivity index (χ2n) is 5.46. The highest BCUT2D eigenvalue weighted by Gasteiger charge is 2.30. The number of likely N-dealkylation sites (N-methyl/N-ethyl adjacent to an activating group) is 1. The third-order valence-corrected chi connectivity index (χ3v) is 3.67. The highest BCUT2D eigenvalue weighted by atomic mass is 35.5. The molecule has 2 rings (SSSR count). The Morgan fingerprint density at radius 1 is 1.35 bits per heavy atom. The van der Waals surface area contributed by atoms with Crippen molar-refractivity contribution in [2.75, 3.05) is 26.7 Å². The number of halogens is 1. The first-order chi connectivity index (χ1) is 10.6. The smallest absolute Gasteiger partial charge is 0.242 e. The van der Waals surface area contributed by atoms with Crippen LogP contribution < -0.4 is 10.6 Å². The normalized spacial score (nSPS) is 20.3. The van der Waals surface area contributed by atoms with Gasteiger partial charge in [-0.2, -0.15) is 0 Å². The molecular weight excluding hydrogens is 318 g/mol. The fourth-order valence-electron chi connectivity index (χ4n) is 2.39. The molecule has 0 unspecified atom stereocenters. The largest absolute Gasteiger partial charge is 0.375 e. The molecule has 1 aromatic carbocycles. The third kappa shape index (κ3) is 5.82. The predicted octanol–water partition coefficient (Wildman–Crippen LogP) is 0.560.